The molecule has 2 N–H and O–H groups in total. The molecule has 1 fully saturated rings. The van der Waals surface area contributed by atoms with Crippen LogP contribution in [0.15, 0.2) is 18.2 Å². The second-order valence-corrected chi connectivity index (χ2v) is 7.56. The molecule has 4 rings (SSSR count). The Bertz CT molecular complexity index is 863. The Morgan fingerprint density at radius 2 is 1.93 bits per heavy atom. The molecule has 1 saturated heterocycles. The van der Waals surface area contributed by atoms with Gasteiger partial charge in [-0.05, 0) is 31.9 Å². The Morgan fingerprint density at radius 3 is 2.67 bits per heavy atom. The van der Waals surface area contributed by atoms with Crippen molar-refractivity contribution in [3.8, 4) is 11.5 Å². The predicted octanol–water partition coefficient (Wildman–Crippen LogP) is 2.46. The van der Waals surface area contributed by atoms with E-state index in [-0.39, 0.29) is 24.6 Å². The van der Waals surface area contributed by atoms with Gasteiger partial charge in [-0.3, -0.25) is 10.1 Å². The zero-order chi connectivity index (χ0) is 18.8. The number of ether oxygens (including phenoxy) is 2. The first-order valence-electron chi connectivity index (χ1n) is 8.65. The summed E-state index contributed by atoms with van der Waals surface area (Å²) in [6.45, 7) is 3.06. The standard InChI is InChI=1S/C17H19N5O4S/c1-10-20-21-16(27-10)19-17(24)22-6-4-11(5-7-22)15(23)18-12-2-3-13-14(8-12)26-9-25-13/h2-3,8,11H,4-7,9H2,1H3,(H,18,23)(H,19,21,24). The number of amides is 3. The van der Waals surface area contributed by atoms with Crippen LogP contribution in [0.3, 0.4) is 0 Å². The molecular formula is C17H19N5O4S. The minimum absolute atomic E-state index is 0.0475. The molecule has 0 radical (unpaired) electrons. The Hall–Kier alpha value is -2.88. The van der Waals surface area contributed by atoms with Gasteiger partial charge in [0.15, 0.2) is 11.5 Å². The van der Waals surface area contributed by atoms with Crippen LogP contribution in [0.25, 0.3) is 0 Å². The third kappa shape index (κ3) is 3.95. The lowest BCUT2D eigenvalue weighted by Gasteiger charge is -2.31. The summed E-state index contributed by atoms with van der Waals surface area (Å²) in [5, 5.41) is 14.7. The third-order valence-corrected chi connectivity index (χ3v) is 5.29. The summed E-state index contributed by atoms with van der Waals surface area (Å²) < 4.78 is 10.6. The number of benzene rings is 1. The summed E-state index contributed by atoms with van der Waals surface area (Å²) in [7, 11) is 0. The predicted molar refractivity (Wildman–Crippen MR) is 99.2 cm³/mol. The molecular weight excluding hydrogens is 370 g/mol. The zero-order valence-electron chi connectivity index (χ0n) is 14.7. The van der Waals surface area contributed by atoms with Gasteiger partial charge in [0.1, 0.15) is 5.01 Å². The smallest absolute Gasteiger partial charge is 0.323 e. The minimum Gasteiger partial charge on any atom is -0.454 e. The number of carbonyl (C=O) groups excluding carboxylic acids is 2. The second-order valence-electron chi connectivity index (χ2n) is 6.37. The van der Waals surface area contributed by atoms with Gasteiger partial charge < -0.3 is 19.7 Å². The number of piperidine rings is 1. The van der Waals surface area contributed by atoms with Crippen LogP contribution in [0.4, 0.5) is 15.6 Å². The van der Waals surface area contributed by atoms with Crippen molar-refractivity contribution >= 4 is 34.1 Å². The molecule has 2 aliphatic heterocycles. The Kier molecular flexibility index (Phi) is 4.80. The molecule has 27 heavy (non-hydrogen) atoms. The highest BCUT2D eigenvalue weighted by molar-refractivity contribution is 7.15. The van der Waals surface area contributed by atoms with Crippen molar-refractivity contribution in [1.82, 2.24) is 15.1 Å². The summed E-state index contributed by atoms with van der Waals surface area (Å²) in [4.78, 5) is 26.5. The summed E-state index contributed by atoms with van der Waals surface area (Å²) in [6.07, 6.45) is 1.22. The van der Waals surface area contributed by atoms with E-state index in [1.807, 2.05) is 6.92 Å². The number of anilines is 2. The first-order chi connectivity index (χ1) is 13.1. The summed E-state index contributed by atoms with van der Waals surface area (Å²) in [5.74, 6) is 1.13. The van der Waals surface area contributed by atoms with Gasteiger partial charge >= 0.3 is 6.03 Å². The average Bonchev–Trinajstić information content (AvgIpc) is 3.30. The molecule has 0 atom stereocenters. The molecule has 3 amide bonds. The van der Waals surface area contributed by atoms with E-state index in [0.717, 1.165) is 5.01 Å². The number of rotatable bonds is 3. The van der Waals surface area contributed by atoms with Crippen molar-refractivity contribution in [1.29, 1.82) is 0 Å². The van der Waals surface area contributed by atoms with Crippen molar-refractivity contribution in [2.75, 3.05) is 30.5 Å². The second kappa shape index (κ2) is 7.39. The van der Waals surface area contributed by atoms with Crippen LogP contribution in [0.1, 0.15) is 17.8 Å². The molecule has 10 heteroatoms. The van der Waals surface area contributed by atoms with Crippen LogP contribution >= 0.6 is 11.3 Å². The number of hydrogen-bond acceptors (Lipinski definition) is 7. The normalized spacial score (nSPS) is 16.3. The molecule has 0 bridgehead atoms. The van der Waals surface area contributed by atoms with E-state index in [0.29, 0.717) is 48.2 Å². The number of nitrogens with one attached hydrogen (secondary N) is 2. The molecule has 0 aliphatic carbocycles. The molecule has 2 aliphatic rings. The van der Waals surface area contributed by atoms with E-state index in [1.54, 1.807) is 23.1 Å². The number of fused-ring (bicyclic) bond motifs is 1. The minimum atomic E-state index is -0.208. The van der Waals surface area contributed by atoms with Gasteiger partial charge in [-0.15, -0.1) is 10.2 Å². The van der Waals surface area contributed by atoms with E-state index >= 15 is 0 Å². The van der Waals surface area contributed by atoms with Crippen molar-refractivity contribution in [3.63, 3.8) is 0 Å². The number of likely N-dealkylation sites (tertiary alicyclic amines) is 1. The van der Waals surface area contributed by atoms with Gasteiger partial charge in [0.25, 0.3) is 0 Å². The molecule has 2 aromatic rings. The van der Waals surface area contributed by atoms with Crippen LogP contribution in [0.5, 0.6) is 11.5 Å². The summed E-state index contributed by atoms with van der Waals surface area (Å²) in [6, 6.07) is 5.12. The van der Waals surface area contributed by atoms with Gasteiger partial charge in [-0.25, -0.2) is 4.79 Å². The molecule has 1 aromatic carbocycles. The van der Waals surface area contributed by atoms with E-state index in [1.165, 1.54) is 11.3 Å². The maximum absolute atomic E-state index is 12.5. The van der Waals surface area contributed by atoms with Crippen molar-refractivity contribution < 1.29 is 19.1 Å². The maximum atomic E-state index is 12.5. The topological polar surface area (TPSA) is 106 Å². The monoisotopic (exact) mass is 389 g/mol. The van der Waals surface area contributed by atoms with Crippen molar-refractivity contribution in [2.24, 2.45) is 5.92 Å². The number of hydrogen-bond donors (Lipinski definition) is 2. The SMILES string of the molecule is Cc1nnc(NC(=O)N2CCC(C(=O)Nc3ccc4c(c3)OCO4)CC2)s1. The molecule has 1 aromatic heterocycles. The molecule has 0 spiro atoms. The first kappa shape index (κ1) is 17.5. The number of carbonyl (C=O) groups is 2. The number of nitrogens with zero attached hydrogens (tertiary/aromatic N) is 3. The van der Waals surface area contributed by atoms with Crippen molar-refractivity contribution in [2.45, 2.75) is 19.8 Å². The Labute approximate surface area is 159 Å². The lowest BCUT2D eigenvalue weighted by atomic mass is 9.96. The highest BCUT2D eigenvalue weighted by Gasteiger charge is 2.28. The van der Waals surface area contributed by atoms with Crippen LogP contribution in [0, 0.1) is 12.8 Å². The Balaban J connectivity index is 1.28. The summed E-state index contributed by atoms with van der Waals surface area (Å²) in [5.41, 5.74) is 0.677. The van der Waals surface area contributed by atoms with Crippen LogP contribution in [-0.2, 0) is 4.79 Å². The molecule has 0 saturated carbocycles. The van der Waals surface area contributed by atoms with E-state index in [2.05, 4.69) is 20.8 Å². The summed E-state index contributed by atoms with van der Waals surface area (Å²) >= 11 is 1.33. The van der Waals surface area contributed by atoms with Gasteiger partial charge in [0.2, 0.25) is 17.8 Å². The number of urea groups is 1. The van der Waals surface area contributed by atoms with E-state index in [9.17, 15) is 9.59 Å². The van der Waals surface area contributed by atoms with Crippen LogP contribution < -0.4 is 20.1 Å². The van der Waals surface area contributed by atoms with Gasteiger partial charge in [0.05, 0.1) is 0 Å². The van der Waals surface area contributed by atoms with Crippen LogP contribution in [-0.4, -0.2) is 46.9 Å². The maximum Gasteiger partial charge on any atom is 0.323 e. The fourth-order valence-electron chi connectivity index (χ4n) is 3.08. The number of aryl methyl sites for hydroxylation is 1. The fraction of sp³-hybridized carbons (Fsp3) is 0.412. The molecule has 142 valence electrons. The lowest BCUT2D eigenvalue weighted by molar-refractivity contribution is -0.121. The highest BCUT2D eigenvalue weighted by atomic mass is 32.1. The third-order valence-electron chi connectivity index (χ3n) is 4.53. The van der Waals surface area contributed by atoms with Crippen molar-refractivity contribution in [3.05, 3.63) is 23.2 Å². The zero-order valence-corrected chi connectivity index (χ0v) is 15.5. The first-order valence-corrected chi connectivity index (χ1v) is 9.47. The quantitative estimate of drug-likeness (QED) is 0.835. The lowest BCUT2D eigenvalue weighted by Crippen LogP contribution is -2.43. The largest absolute Gasteiger partial charge is 0.454 e. The van der Waals surface area contributed by atoms with Crippen LogP contribution in [0.2, 0.25) is 0 Å². The highest BCUT2D eigenvalue weighted by Crippen LogP contribution is 2.34. The molecule has 9 nitrogen and oxygen atoms in total. The average molecular weight is 389 g/mol. The fourth-order valence-corrected chi connectivity index (χ4v) is 3.66. The van der Waals surface area contributed by atoms with E-state index in [4.69, 9.17) is 9.47 Å². The van der Waals surface area contributed by atoms with Gasteiger partial charge in [-0.1, -0.05) is 11.3 Å². The Morgan fingerprint density at radius 1 is 1.15 bits per heavy atom. The molecule has 0 unspecified atom stereocenters. The molecule has 3 heterocycles. The van der Waals surface area contributed by atoms with Gasteiger partial charge in [-0.2, -0.15) is 0 Å². The van der Waals surface area contributed by atoms with E-state index < -0.39 is 0 Å². The van der Waals surface area contributed by atoms with Gasteiger partial charge in [0, 0.05) is 30.8 Å². The number of aromatic nitrogens is 2.